The van der Waals surface area contributed by atoms with Crippen LogP contribution in [0.15, 0.2) is 18.5 Å². The van der Waals surface area contributed by atoms with E-state index < -0.39 is 12.4 Å². The van der Waals surface area contributed by atoms with Crippen LogP contribution < -0.4 is 5.46 Å². The summed E-state index contributed by atoms with van der Waals surface area (Å²) in [5.41, 5.74) is -0.257. The molecule has 0 N–H and O–H groups in total. The Hall–Kier alpha value is -1.57. The van der Waals surface area contributed by atoms with Gasteiger partial charge in [0.05, 0.1) is 6.20 Å². The molecular weight excluding hydrogens is 258 g/mol. The molecule has 19 heavy (non-hydrogen) atoms. The summed E-state index contributed by atoms with van der Waals surface area (Å²) in [6, 6.07) is 1.09. The van der Waals surface area contributed by atoms with Gasteiger partial charge in [-0.2, -0.15) is 5.10 Å². The molecule has 0 aromatic carbocycles. The molecule has 4 nitrogen and oxygen atoms in total. The standard InChI is InChI=1S/C11H12BF3N3O/c13-12(14,15)9-5-8-6-17-18(11(8)16-7-9)10-3-1-2-4-19-10/h5-7,10H,1-4H2/q-1. The van der Waals surface area contributed by atoms with Crippen LogP contribution in [0.2, 0.25) is 0 Å². The van der Waals surface area contributed by atoms with Crippen molar-refractivity contribution in [2.45, 2.75) is 25.5 Å². The largest absolute Gasteiger partial charge is 0.511 e. The number of halogens is 3. The van der Waals surface area contributed by atoms with E-state index in [1.165, 1.54) is 6.20 Å². The van der Waals surface area contributed by atoms with E-state index in [9.17, 15) is 12.9 Å². The first-order chi connectivity index (χ1) is 9.05. The van der Waals surface area contributed by atoms with Crippen LogP contribution >= 0.6 is 0 Å². The maximum absolute atomic E-state index is 12.6. The summed E-state index contributed by atoms with van der Waals surface area (Å²) < 4.78 is 45.1. The molecule has 2 aromatic rings. The molecule has 1 unspecified atom stereocenters. The second kappa shape index (κ2) is 4.52. The number of hydrogen-bond donors (Lipinski definition) is 0. The molecule has 0 amide bonds. The highest BCUT2D eigenvalue weighted by Gasteiger charge is 2.27. The molecule has 1 aliphatic heterocycles. The van der Waals surface area contributed by atoms with Crippen molar-refractivity contribution in [2.75, 3.05) is 6.61 Å². The molecule has 1 saturated heterocycles. The second-order valence-corrected chi connectivity index (χ2v) is 4.67. The fourth-order valence-corrected chi connectivity index (χ4v) is 2.26. The summed E-state index contributed by atoms with van der Waals surface area (Å²) in [7, 11) is 0. The van der Waals surface area contributed by atoms with Crippen LogP contribution in [0.4, 0.5) is 12.9 Å². The number of fused-ring (bicyclic) bond motifs is 1. The van der Waals surface area contributed by atoms with E-state index in [2.05, 4.69) is 10.1 Å². The van der Waals surface area contributed by atoms with Crippen molar-refractivity contribution >= 4 is 23.5 Å². The number of pyridine rings is 1. The van der Waals surface area contributed by atoms with Crippen molar-refractivity contribution in [3.63, 3.8) is 0 Å². The maximum Gasteiger partial charge on any atom is 0.511 e. The molecule has 2 aromatic heterocycles. The third-order valence-electron chi connectivity index (χ3n) is 3.26. The summed E-state index contributed by atoms with van der Waals surface area (Å²) in [6.07, 6.45) is 4.89. The van der Waals surface area contributed by atoms with Gasteiger partial charge in [0.25, 0.3) is 0 Å². The van der Waals surface area contributed by atoms with Gasteiger partial charge >= 0.3 is 6.98 Å². The highest BCUT2D eigenvalue weighted by atomic mass is 19.4. The lowest BCUT2D eigenvalue weighted by atomic mass is 9.81. The molecule has 1 fully saturated rings. The van der Waals surface area contributed by atoms with E-state index in [1.807, 2.05) is 0 Å². The van der Waals surface area contributed by atoms with Crippen molar-refractivity contribution in [2.24, 2.45) is 0 Å². The predicted molar refractivity (Wildman–Crippen MR) is 65.1 cm³/mol. The fraction of sp³-hybridized carbons (Fsp3) is 0.455. The van der Waals surface area contributed by atoms with Gasteiger partial charge in [-0.15, -0.1) is 0 Å². The first kappa shape index (κ1) is 12.5. The van der Waals surface area contributed by atoms with Gasteiger partial charge in [-0.05, 0) is 19.3 Å². The zero-order valence-corrected chi connectivity index (χ0v) is 10.1. The van der Waals surface area contributed by atoms with Crippen LogP contribution in [0.5, 0.6) is 0 Å². The van der Waals surface area contributed by atoms with Crippen LogP contribution in [-0.4, -0.2) is 28.3 Å². The maximum atomic E-state index is 12.6. The average molecular weight is 270 g/mol. The summed E-state index contributed by atoms with van der Waals surface area (Å²) in [5, 5.41) is 4.51. The number of rotatable bonds is 2. The first-order valence-corrected chi connectivity index (χ1v) is 6.20. The number of nitrogens with zero attached hydrogens (tertiary/aromatic N) is 3. The van der Waals surface area contributed by atoms with Gasteiger partial charge in [-0.25, -0.2) is 9.67 Å². The summed E-state index contributed by atoms with van der Waals surface area (Å²) >= 11 is 0. The first-order valence-electron chi connectivity index (χ1n) is 6.20. The van der Waals surface area contributed by atoms with E-state index in [4.69, 9.17) is 4.74 Å². The Labute approximate surface area is 107 Å². The zero-order valence-electron chi connectivity index (χ0n) is 10.1. The SMILES string of the molecule is F[B-](F)(F)c1cnc2c(cnn2C2CCCCO2)c1. The van der Waals surface area contributed by atoms with Gasteiger partial charge < -0.3 is 17.7 Å². The van der Waals surface area contributed by atoms with Crippen LogP contribution in [0.25, 0.3) is 11.0 Å². The van der Waals surface area contributed by atoms with E-state index in [0.29, 0.717) is 17.6 Å². The Morgan fingerprint density at radius 3 is 2.79 bits per heavy atom. The lowest BCUT2D eigenvalue weighted by molar-refractivity contribution is -0.0370. The molecule has 0 aliphatic carbocycles. The van der Waals surface area contributed by atoms with Gasteiger partial charge in [0.2, 0.25) is 0 Å². The molecule has 0 bridgehead atoms. The third kappa shape index (κ3) is 2.32. The van der Waals surface area contributed by atoms with Crippen molar-refractivity contribution in [3.8, 4) is 0 Å². The zero-order chi connectivity index (χ0) is 13.5. The minimum absolute atomic E-state index is 0.221. The van der Waals surface area contributed by atoms with Gasteiger partial charge in [-0.1, -0.05) is 11.5 Å². The highest BCUT2D eigenvalue weighted by Crippen LogP contribution is 2.25. The Balaban J connectivity index is 2.00. The molecule has 0 saturated carbocycles. The minimum atomic E-state index is -5.03. The Morgan fingerprint density at radius 2 is 2.11 bits per heavy atom. The van der Waals surface area contributed by atoms with Crippen LogP contribution in [0, 0.1) is 0 Å². The van der Waals surface area contributed by atoms with E-state index in [-0.39, 0.29) is 6.23 Å². The van der Waals surface area contributed by atoms with Crippen molar-refractivity contribution in [1.29, 1.82) is 0 Å². The van der Waals surface area contributed by atoms with Gasteiger partial charge in [0.15, 0.2) is 11.9 Å². The topological polar surface area (TPSA) is 39.9 Å². The van der Waals surface area contributed by atoms with Gasteiger partial charge in [-0.3, -0.25) is 0 Å². The Morgan fingerprint density at radius 1 is 1.26 bits per heavy atom. The number of aromatic nitrogens is 3. The predicted octanol–water partition coefficient (Wildman–Crippen LogP) is 2.18. The van der Waals surface area contributed by atoms with Crippen molar-refractivity contribution < 1.29 is 17.7 Å². The van der Waals surface area contributed by atoms with Crippen LogP contribution in [0.1, 0.15) is 25.5 Å². The lowest BCUT2D eigenvalue weighted by Gasteiger charge is -2.23. The van der Waals surface area contributed by atoms with Crippen molar-refractivity contribution in [1.82, 2.24) is 14.8 Å². The number of hydrogen-bond acceptors (Lipinski definition) is 3. The molecule has 3 heterocycles. The van der Waals surface area contributed by atoms with E-state index >= 15 is 0 Å². The average Bonchev–Trinajstić information content (AvgIpc) is 2.81. The Bertz CT molecular complexity index is 592. The van der Waals surface area contributed by atoms with Crippen molar-refractivity contribution in [3.05, 3.63) is 18.5 Å². The molecule has 3 rings (SSSR count). The molecule has 0 radical (unpaired) electrons. The molecule has 8 heteroatoms. The molecule has 102 valence electrons. The lowest BCUT2D eigenvalue weighted by Crippen LogP contribution is -2.34. The number of ether oxygens (including phenoxy) is 1. The van der Waals surface area contributed by atoms with E-state index in [0.717, 1.165) is 31.5 Å². The third-order valence-corrected chi connectivity index (χ3v) is 3.26. The quantitative estimate of drug-likeness (QED) is 0.785. The molecular formula is C11H12BF3N3O-. The van der Waals surface area contributed by atoms with Gasteiger partial charge in [0.1, 0.15) is 0 Å². The van der Waals surface area contributed by atoms with E-state index in [1.54, 1.807) is 4.68 Å². The Kier molecular flexibility index (Phi) is 2.97. The molecule has 1 aliphatic rings. The smallest absolute Gasteiger partial charge is 0.445 e. The van der Waals surface area contributed by atoms with Crippen LogP contribution in [0.3, 0.4) is 0 Å². The summed E-state index contributed by atoms with van der Waals surface area (Å²) in [6.45, 7) is -4.38. The highest BCUT2D eigenvalue weighted by molar-refractivity contribution is 6.73. The fourth-order valence-electron chi connectivity index (χ4n) is 2.26. The second-order valence-electron chi connectivity index (χ2n) is 4.67. The molecule has 0 spiro atoms. The minimum Gasteiger partial charge on any atom is -0.445 e. The molecule has 1 atom stereocenters. The summed E-state index contributed by atoms with van der Waals surface area (Å²) in [5.74, 6) is 0. The normalized spacial score (nSPS) is 20.9. The van der Waals surface area contributed by atoms with Crippen LogP contribution in [-0.2, 0) is 4.74 Å². The summed E-state index contributed by atoms with van der Waals surface area (Å²) in [4.78, 5) is 3.90. The monoisotopic (exact) mass is 270 g/mol. The van der Waals surface area contributed by atoms with Gasteiger partial charge in [0, 0.05) is 18.2 Å².